The maximum atomic E-state index is 11.5. The van der Waals surface area contributed by atoms with Crippen molar-refractivity contribution < 1.29 is 9.84 Å². The number of hydrogen-bond acceptors (Lipinski definition) is 2. The minimum atomic E-state index is -1.20. The third-order valence-electron chi connectivity index (χ3n) is 4.94. The first-order chi connectivity index (χ1) is 9.65. The number of aliphatic hydroxyl groups is 1. The predicted octanol–water partition coefficient (Wildman–Crippen LogP) is 4.75. The third kappa shape index (κ3) is 2.08. The summed E-state index contributed by atoms with van der Waals surface area (Å²) in [4.78, 5) is 0. The highest BCUT2D eigenvalue weighted by Gasteiger charge is 2.67. The maximum absolute atomic E-state index is 11.5. The number of fused-ring (bicyclic) bond motifs is 1. The van der Waals surface area contributed by atoms with Crippen LogP contribution in [-0.2, 0) is 4.74 Å². The molecule has 0 amide bonds. The van der Waals surface area contributed by atoms with Crippen molar-refractivity contribution in [1.82, 2.24) is 0 Å². The summed E-state index contributed by atoms with van der Waals surface area (Å²) in [5, 5.41) is 12.0. The number of halogens is 1. The van der Waals surface area contributed by atoms with Crippen LogP contribution in [0.1, 0.15) is 41.5 Å². The Balaban J connectivity index is 0.00000106. The van der Waals surface area contributed by atoms with Gasteiger partial charge in [-0.15, -0.1) is 0 Å². The van der Waals surface area contributed by atoms with Crippen LogP contribution < -0.4 is 0 Å². The standard InChI is InChI=1S/C16H21ClO2.C2H6/c1-7-12-9-19-15(6)11(4)13(17)8-14(5,10(2)3)16(12,15)18;1-2/h7-8,18H,2,4,9H2,1,3,5-6H3;1-2H3/b12-7+;. The van der Waals surface area contributed by atoms with Crippen molar-refractivity contribution in [3.63, 3.8) is 0 Å². The lowest BCUT2D eigenvalue weighted by Crippen LogP contribution is -2.62. The topological polar surface area (TPSA) is 29.5 Å². The highest BCUT2D eigenvalue weighted by Crippen LogP contribution is 2.61. The molecule has 21 heavy (non-hydrogen) atoms. The van der Waals surface area contributed by atoms with Gasteiger partial charge in [0.05, 0.1) is 6.61 Å². The highest BCUT2D eigenvalue weighted by atomic mass is 35.5. The summed E-state index contributed by atoms with van der Waals surface area (Å²) in [5.41, 5.74) is -0.492. The molecule has 1 fully saturated rings. The summed E-state index contributed by atoms with van der Waals surface area (Å²) in [7, 11) is 0. The van der Waals surface area contributed by atoms with Crippen molar-refractivity contribution >= 4 is 11.6 Å². The lowest BCUT2D eigenvalue weighted by Gasteiger charge is -2.53. The van der Waals surface area contributed by atoms with E-state index in [1.807, 2.05) is 53.7 Å². The molecule has 3 heteroatoms. The zero-order valence-corrected chi connectivity index (χ0v) is 14.8. The lowest BCUT2D eigenvalue weighted by molar-refractivity contribution is -0.120. The average molecular weight is 311 g/mol. The van der Waals surface area contributed by atoms with Gasteiger partial charge in [-0.1, -0.05) is 56.3 Å². The number of rotatable bonds is 1. The molecule has 0 radical (unpaired) electrons. The van der Waals surface area contributed by atoms with Gasteiger partial charge < -0.3 is 9.84 Å². The van der Waals surface area contributed by atoms with E-state index in [4.69, 9.17) is 16.3 Å². The Kier molecular flexibility index (Phi) is 4.99. The van der Waals surface area contributed by atoms with Gasteiger partial charge in [0.25, 0.3) is 0 Å². The Morgan fingerprint density at radius 2 is 1.95 bits per heavy atom. The number of hydrogen-bond donors (Lipinski definition) is 1. The van der Waals surface area contributed by atoms with Gasteiger partial charge >= 0.3 is 0 Å². The van der Waals surface area contributed by atoms with E-state index in [1.54, 1.807) is 0 Å². The van der Waals surface area contributed by atoms with Crippen LogP contribution in [0.25, 0.3) is 0 Å². The summed E-state index contributed by atoms with van der Waals surface area (Å²) >= 11 is 6.31. The number of allylic oxidation sites excluding steroid dienone is 1. The van der Waals surface area contributed by atoms with Crippen LogP contribution in [0.4, 0.5) is 0 Å². The monoisotopic (exact) mass is 310 g/mol. The summed E-state index contributed by atoms with van der Waals surface area (Å²) in [5.74, 6) is 0. The second-order valence-electron chi connectivity index (χ2n) is 5.80. The van der Waals surface area contributed by atoms with Crippen LogP contribution in [0.15, 0.2) is 47.1 Å². The summed E-state index contributed by atoms with van der Waals surface area (Å²) in [6.07, 6.45) is 3.76. The van der Waals surface area contributed by atoms with Gasteiger partial charge in [-0.2, -0.15) is 0 Å². The van der Waals surface area contributed by atoms with E-state index in [0.29, 0.717) is 17.2 Å². The van der Waals surface area contributed by atoms with Crippen LogP contribution in [-0.4, -0.2) is 22.9 Å². The van der Waals surface area contributed by atoms with Gasteiger partial charge in [-0.3, -0.25) is 0 Å². The van der Waals surface area contributed by atoms with E-state index in [2.05, 4.69) is 13.2 Å². The van der Waals surface area contributed by atoms with Gasteiger partial charge in [0.15, 0.2) is 0 Å². The molecule has 118 valence electrons. The van der Waals surface area contributed by atoms with E-state index in [0.717, 1.165) is 11.1 Å². The van der Waals surface area contributed by atoms with Crippen molar-refractivity contribution in [1.29, 1.82) is 0 Å². The molecular weight excluding hydrogens is 284 g/mol. The minimum absolute atomic E-state index is 0.378. The van der Waals surface area contributed by atoms with Crippen molar-refractivity contribution in [2.75, 3.05) is 6.61 Å². The fraction of sp³-hybridized carbons (Fsp3) is 0.556. The molecule has 1 aliphatic heterocycles. The Bertz CT molecular complexity index is 531. The van der Waals surface area contributed by atoms with Gasteiger partial charge in [0.2, 0.25) is 0 Å². The second kappa shape index (κ2) is 5.75. The van der Waals surface area contributed by atoms with Gasteiger partial charge in [0, 0.05) is 10.4 Å². The molecule has 0 saturated carbocycles. The van der Waals surface area contributed by atoms with Crippen molar-refractivity contribution in [2.45, 2.75) is 52.7 Å². The van der Waals surface area contributed by atoms with Gasteiger partial charge in [0.1, 0.15) is 11.2 Å². The molecule has 1 heterocycles. The van der Waals surface area contributed by atoms with Crippen molar-refractivity contribution in [3.05, 3.63) is 47.1 Å². The SMILES string of the molecule is C=C(C)C1(C)C=C(Cl)C(=C)C2(C)OC/C(=C\C)C12O.CC. The Hall–Kier alpha value is -0.830. The molecule has 1 saturated heterocycles. The average Bonchev–Trinajstić information content (AvgIpc) is 2.73. The zero-order chi connectivity index (χ0) is 16.6. The molecule has 3 unspecified atom stereocenters. The van der Waals surface area contributed by atoms with Crippen molar-refractivity contribution in [3.8, 4) is 0 Å². The predicted molar refractivity (Wildman–Crippen MR) is 90.4 cm³/mol. The Labute approximate surface area is 133 Å². The largest absolute Gasteiger partial charge is 0.381 e. The highest BCUT2D eigenvalue weighted by molar-refractivity contribution is 6.32. The Morgan fingerprint density at radius 1 is 1.43 bits per heavy atom. The fourth-order valence-corrected chi connectivity index (χ4v) is 3.67. The molecule has 1 aliphatic carbocycles. The van der Waals surface area contributed by atoms with Crippen LogP contribution in [0.5, 0.6) is 0 Å². The van der Waals surface area contributed by atoms with E-state index in [1.165, 1.54) is 0 Å². The molecule has 0 aromatic carbocycles. The van der Waals surface area contributed by atoms with E-state index < -0.39 is 16.6 Å². The molecule has 0 aromatic rings. The number of ether oxygens (including phenoxy) is 1. The molecule has 3 atom stereocenters. The molecule has 2 aliphatic rings. The first kappa shape index (κ1) is 18.2. The molecular formula is C18H27ClO2. The summed E-state index contributed by atoms with van der Waals surface area (Å²) in [6, 6.07) is 0. The molecule has 2 rings (SSSR count). The first-order valence-electron chi connectivity index (χ1n) is 7.41. The van der Waals surface area contributed by atoms with Crippen LogP contribution in [0.3, 0.4) is 0 Å². The van der Waals surface area contributed by atoms with Crippen LogP contribution >= 0.6 is 11.6 Å². The molecule has 0 aromatic heterocycles. The van der Waals surface area contributed by atoms with E-state index in [-0.39, 0.29) is 0 Å². The zero-order valence-electron chi connectivity index (χ0n) is 14.0. The first-order valence-corrected chi connectivity index (χ1v) is 7.79. The second-order valence-corrected chi connectivity index (χ2v) is 6.21. The van der Waals surface area contributed by atoms with Crippen LogP contribution in [0.2, 0.25) is 0 Å². The van der Waals surface area contributed by atoms with Crippen molar-refractivity contribution in [2.24, 2.45) is 5.41 Å². The maximum Gasteiger partial charge on any atom is 0.133 e. The Morgan fingerprint density at radius 3 is 2.38 bits per heavy atom. The molecule has 1 N–H and O–H groups in total. The lowest BCUT2D eigenvalue weighted by atomic mass is 9.55. The smallest absolute Gasteiger partial charge is 0.133 e. The molecule has 0 bridgehead atoms. The van der Waals surface area contributed by atoms with E-state index >= 15 is 0 Å². The summed E-state index contributed by atoms with van der Waals surface area (Å²) < 4.78 is 5.89. The fourth-order valence-electron chi connectivity index (χ4n) is 3.27. The van der Waals surface area contributed by atoms with E-state index in [9.17, 15) is 5.11 Å². The van der Waals surface area contributed by atoms with Crippen LogP contribution in [0, 0.1) is 5.41 Å². The summed E-state index contributed by atoms with van der Waals surface area (Å²) in [6.45, 7) is 20.0. The third-order valence-corrected chi connectivity index (χ3v) is 5.27. The quantitative estimate of drug-likeness (QED) is 0.708. The normalized spacial score (nSPS) is 40.3. The minimum Gasteiger partial charge on any atom is -0.381 e. The van der Waals surface area contributed by atoms with Gasteiger partial charge in [-0.25, -0.2) is 0 Å². The molecule has 2 nitrogen and oxygen atoms in total. The van der Waals surface area contributed by atoms with Gasteiger partial charge in [-0.05, 0) is 38.8 Å². The molecule has 0 spiro atoms.